The fraction of sp³-hybridized carbons (Fsp3) is 0.375. The smallest absolute Gasteiger partial charge is 0.225 e. The highest BCUT2D eigenvalue weighted by Crippen LogP contribution is 1.94. The minimum atomic E-state index is -3.30. The van der Waals surface area contributed by atoms with E-state index in [1.165, 1.54) is 0 Å². The lowest BCUT2D eigenvalue weighted by Crippen LogP contribution is -2.26. The van der Waals surface area contributed by atoms with Gasteiger partial charge in [-0.2, -0.15) is 0 Å². The molecule has 0 unspecified atom stereocenters. The quantitative estimate of drug-likeness (QED) is 0.765. The number of rotatable bonds is 5. The van der Waals surface area contributed by atoms with Gasteiger partial charge < -0.3 is 0 Å². The van der Waals surface area contributed by atoms with Crippen LogP contribution in [0.5, 0.6) is 0 Å². The lowest BCUT2D eigenvalue weighted by Gasteiger charge is -2.02. The molecular weight excluding hydrogens is 224 g/mol. The Hall–Kier alpha value is -0.650. The maximum Gasteiger partial charge on any atom is 0.225 e. The summed E-state index contributed by atoms with van der Waals surface area (Å²) >= 11 is 5.21. The average Bonchev–Trinajstić information content (AvgIpc) is 2.19. The standard InChI is InChI=1S/C8H11ClN2O2S/c9-7-14(12,13)11-6-4-8-3-1-2-5-10-8/h1-3,5,11H,4,6-7H2. The summed E-state index contributed by atoms with van der Waals surface area (Å²) in [5.74, 6) is 0. The molecule has 1 N–H and O–H groups in total. The summed E-state index contributed by atoms with van der Waals surface area (Å²) in [6.07, 6.45) is 2.24. The highest BCUT2D eigenvalue weighted by molar-refractivity contribution is 7.90. The number of nitrogens with one attached hydrogen (secondary N) is 1. The predicted octanol–water partition coefficient (Wildman–Crippen LogP) is 0.740. The summed E-state index contributed by atoms with van der Waals surface area (Å²) in [5, 5.41) is -0.408. The number of hydrogen-bond acceptors (Lipinski definition) is 3. The van der Waals surface area contributed by atoms with Crippen molar-refractivity contribution in [2.24, 2.45) is 0 Å². The van der Waals surface area contributed by atoms with Crippen molar-refractivity contribution in [3.63, 3.8) is 0 Å². The zero-order chi connectivity index (χ0) is 10.4. The van der Waals surface area contributed by atoms with E-state index in [2.05, 4.69) is 9.71 Å². The topological polar surface area (TPSA) is 59.1 Å². The van der Waals surface area contributed by atoms with Gasteiger partial charge in [0.1, 0.15) is 5.21 Å². The molecule has 0 aliphatic carbocycles. The van der Waals surface area contributed by atoms with Crippen molar-refractivity contribution >= 4 is 21.6 Å². The van der Waals surface area contributed by atoms with Crippen molar-refractivity contribution in [2.45, 2.75) is 6.42 Å². The molecule has 0 bridgehead atoms. The third kappa shape index (κ3) is 4.04. The van der Waals surface area contributed by atoms with Gasteiger partial charge in [-0.25, -0.2) is 13.1 Å². The Morgan fingerprint density at radius 1 is 1.43 bits per heavy atom. The van der Waals surface area contributed by atoms with Crippen molar-refractivity contribution in [2.75, 3.05) is 11.8 Å². The van der Waals surface area contributed by atoms with Gasteiger partial charge in [-0.05, 0) is 12.1 Å². The van der Waals surface area contributed by atoms with E-state index < -0.39 is 15.2 Å². The average molecular weight is 235 g/mol. The zero-order valence-corrected chi connectivity index (χ0v) is 9.05. The minimum absolute atomic E-state index is 0.325. The van der Waals surface area contributed by atoms with Crippen LogP contribution in [0.2, 0.25) is 0 Å². The van der Waals surface area contributed by atoms with Crippen molar-refractivity contribution in [3.8, 4) is 0 Å². The highest BCUT2D eigenvalue weighted by atomic mass is 35.5. The third-order valence-corrected chi connectivity index (χ3v) is 3.37. The summed E-state index contributed by atoms with van der Waals surface area (Å²) in [4.78, 5) is 4.06. The maximum absolute atomic E-state index is 10.9. The molecule has 0 aliphatic heterocycles. The molecular formula is C8H11ClN2O2S. The van der Waals surface area contributed by atoms with Crippen molar-refractivity contribution in [1.82, 2.24) is 9.71 Å². The minimum Gasteiger partial charge on any atom is -0.261 e. The molecule has 0 fully saturated rings. The Morgan fingerprint density at radius 2 is 2.21 bits per heavy atom. The van der Waals surface area contributed by atoms with Gasteiger partial charge in [-0.1, -0.05) is 6.07 Å². The van der Waals surface area contributed by atoms with Gasteiger partial charge >= 0.3 is 0 Å². The lowest BCUT2D eigenvalue weighted by molar-refractivity contribution is 0.586. The van der Waals surface area contributed by atoms with E-state index in [0.29, 0.717) is 13.0 Å². The second kappa shape index (κ2) is 5.29. The summed E-state index contributed by atoms with van der Waals surface area (Å²) in [6, 6.07) is 5.51. The van der Waals surface area contributed by atoms with Crippen molar-refractivity contribution in [3.05, 3.63) is 30.1 Å². The lowest BCUT2D eigenvalue weighted by atomic mass is 10.3. The van der Waals surface area contributed by atoms with Crippen LogP contribution in [0.3, 0.4) is 0 Å². The SMILES string of the molecule is O=S(=O)(CCl)NCCc1ccccn1. The molecule has 0 spiro atoms. The van der Waals surface area contributed by atoms with Gasteiger partial charge in [0, 0.05) is 24.9 Å². The van der Waals surface area contributed by atoms with Crippen molar-refractivity contribution < 1.29 is 8.42 Å². The fourth-order valence-electron chi connectivity index (χ4n) is 0.919. The van der Waals surface area contributed by atoms with Gasteiger partial charge in [0.2, 0.25) is 10.0 Å². The molecule has 0 amide bonds. The Bertz CT molecular complexity index is 366. The van der Waals surface area contributed by atoms with Gasteiger partial charge in [0.25, 0.3) is 0 Å². The number of sulfonamides is 1. The normalized spacial score (nSPS) is 11.5. The van der Waals surface area contributed by atoms with E-state index in [-0.39, 0.29) is 0 Å². The summed E-state index contributed by atoms with van der Waals surface area (Å²) in [7, 11) is -3.30. The molecule has 6 heteroatoms. The maximum atomic E-state index is 10.9. The predicted molar refractivity (Wildman–Crippen MR) is 55.6 cm³/mol. The molecule has 1 rings (SSSR count). The molecule has 1 heterocycles. The number of nitrogens with zero attached hydrogens (tertiary/aromatic N) is 1. The van der Waals surface area contributed by atoms with Crippen LogP contribution in [0, 0.1) is 0 Å². The van der Waals surface area contributed by atoms with E-state index in [1.807, 2.05) is 18.2 Å². The zero-order valence-electron chi connectivity index (χ0n) is 7.48. The molecule has 0 radical (unpaired) electrons. The Morgan fingerprint density at radius 3 is 2.79 bits per heavy atom. The van der Waals surface area contributed by atoms with E-state index >= 15 is 0 Å². The number of hydrogen-bond donors (Lipinski definition) is 1. The molecule has 0 atom stereocenters. The molecule has 1 aromatic heterocycles. The first kappa shape index (κ1) is 11.4. The Kier molecular flexibility index (Phi) is 4.31. The van der Waals surface area contributed by atoms with Gasteiger partial charge in [0.05, 0.1) is 0 Å². The molecule has 0 saturated carbocycles. The molecule has 4 nitrogen and oxygen atoms in total. The Labute approximate surface area is 88.4 Å². The third-order valence-electron chi connectivity index (χ3n) is 1.57. The molecule has 14 heavy (non-hydrogen) atoms. The van der Waals surface area contributed by atoms with Crippen LogP contribution in [-0.2, 0) is 16.4 Å². The van der Waals surface area contributed by atoms with Crippen LogP contribution in [-0.4, -0.2) is 25.2 Å². The number of pyridine rings is 1. The molecule has 0 saturated heterocycles. The van der Waals surface area contributed by atoms with E-state index in [1.54, 1.807) is 6.20 Å². The number of alkyl halides is 1. The first-order valence-electron chi connectivity index (χ1n) is 4.07. The monoisotopic (exact) mass is 234 g/mol. The van der Waals surface area contributed by atoms with E-state index in [4.69, 9.17) is 11.6 Å². The molecule has 0 aliphatic rings. The van der Waals surface area contributed by atoms with E-state index in [9.17, 15) is 8.42 Å². The van der Waals surface area contributed by atoms with E-state index in [0.717, 1.165) is 5.69 Å². The second-order valence-electron chi connectivity index (χ2n) is 2.69. The second-order valence-corrected chi connectivity index (χ2v) is 5.08. The van der Waals surface area contributed by atoms with Crippen LogP contribution < -0.4 is 4.72 Å². The van der Waals surface area contributed by atoms with Crippen LogP contribution in [0.15, 0.2) is 24.4 Å². The Balaban J connectivity index is 2.37. The largest absolute Gasteiger partial charge is 0.261 e. The fourth-order valence-corrected chi connectivity index (χ4v) is 1.64. The van der Waals surface area contributed by atoms with Gasteiger partial charge in [0.15, 0.2) is 0 Å². The van der Waals surface area contributed by atoms with Gasteiger partial charge in [-0.3, -0.25) is 4.98 Å². The first-order valence-corrected chi connectivity index (χ1v) is 6.26. The van der Waals surface area contributed by atoms with Gasteiger partial charge in [-0.15, -0.1) is 11.6 Å². The first-order chi connectivity index (χ1) is 6.64. The van der Waals surface area contributed by atoms with Crippen LogP contribution >= 0.6 is 11.6 Å². The summed E-state index contributed by atoms with van der Waals surface area (Å²) in [6.45, 7) is 0.325. The summed E-state index contributed by atoms with van der Waals surface area (Å²) < 4.78 is 24.2. The summed E-state index contributed by atoms with van der Waals surface area (Å²) in [5.41, 5.74) is 0.852. The molecule has 1 aromatic rings. The van der Waals surface area contributed by atoms with Crippen LogP contribution in [0.1, 0.15) is 5.69 Å². The number of aromatic nitrogens is 1. The molecule has 78 valence electrons. The van der Waals surface area contributed by atoms with Crippen LogP contribution in [0.25, 0.3) is 0 Å². The van der Waals surface area contributed by atoms with Crippen LogP contribution in [0.4, 0.5) is 0 Å². The molecule has 0 aromatic carbocycles. The number of halogens is 1. The highest BCUT2D eigenvalue weighted by Gasteiger charge is 2.06. The van der Waals surface area contributed by atoms with Crippen molar-refractivity contribution in [1.29, 1.82) is 0 Å².